The van der Waals surface area contributed by atoms with E-state index in [-0.39, 0.29) is 0 Å². The van der Waals surface area contributed by atoms with E-state index in [4.69, 9.17) is 10.2 Å². The van der Waals surface area contributed by atoms with Crippen molar-refractivity contribution < 1.29 is 19.8 Å². The molecule has 0 saturated carbocycles. The minimum Gasteiger partial charge on any atom is -0.477 e. The summed E-state index contributed by atoms with van der Waals surface area (Å²) in [6, 6.07) is 8.68. The van der Waals surface area contributed by atoms with E-state index in [0.717, 1.165) is 6.20 Å². The number of anilines is 1. The molecule has 0 atom stereocenters. The van der Waals surface area contributed by atoms with E-state index in [0.29, 0.717) is 5.69 Å². The fraction of sp³-hybridized carbons (Fsp3) is 0. The average Bonchev–Trinajstić information content (AvgIpc) is 2.18. The maximum absolute atomic E-state index is 10.5. The van der Waals surface area contributed by atoms with Gasteiger partial charge >= 0.3 is 11.9 Å². The molecule has 1 aromatic rings. The molecule has 0 amide bonds. The molecule has 5 nitrogen and oxygen atoms in total. The Hall–Kier alpha value is -2.30. The van der Waals surface area contributed by atoms with Gasteiger partial charge in [-0.1, -0.05) is 18.2 Å². The van der Waals surface area contributed by atoms with Crippen molar-refractivity contribution in [2.45, 2.75) is 0 Å². The normalized spacial score (nSPS) is 9.07. The van der Waals surface area contributed by atoms with E-state index in [1.807, 2.05) is 0 Å². The van der Waals surface area contributed by atoms with Crippen LogP contribution in [0.2, 0.25) is 0 Å². The Morgan fingerprint density at radius 2 is 1.60 bits per heavy atom. The highest BCUT2D eigenvalue weighted by Gasteiger charge is 2.15. The zero-order valence-corrected chi connectivity index (χ0v) is 7.68. The van der Waals surface area contributed by atoms with Crippen molar-refractivity contribution in [3.05, 3.63) is 42.1 Å². The molecule has 0 aliphatic rings. The monoisotopic (exact) mass is 207 g/mol. The zero-order valence-electron chi connectivity index (χ0n) is 7.68. The van der Waals surface area contributed by atoms with Gasteiger partial charge in [0.1, 0.15) is 0 Å². The Labute approximate surface area is 85.7 Å². The van der Waals surface area contributed by atoms with Crippen LogP contribution in [-0.4, -0.2) is 22.2 Å². The van der Waals surface area contributed by atoms with Crippen LogP contribution in [0, 0.1) is 0 Å². The van der Waals surface area contributed by atoms with Crippen LogP contribution in [0.4, 0.5) is 5.69 Å². The maximum Gasteiger partial charge on any atom is 0.344 e. The number of rotatable bonds is 4. The van der Waals surface area contributed by atoms with Gasteiger partial charge in [-0.3, -0.25) is 0 Å². The molecule has 0 heterocycles. The molecule has 0 aromatic heterocycles. The summed E-state index contributed by atoms with van der Waals surface area (Å²) < 4.78 is 0. The second kappa shape index (κ2) is 4.80. The summed E-state index contributed by atoms with van der Waals surface area (Å²) in [6.07, 6.45) is 0.944. The zero-order chi connectivity index (χ0) is 11.3. The summed E-state index contributed by atoms with van der Waals surface area (Å²) in [5, 5.41) is 19.6. The van der Waals surface area contributed by atoms with Gasteiger partial charge in [0.25, 0.3) is 0 Å². The first-order valence-electron chi connectivity index (χ1n) is 4.09. The molecule has 1 aromatic carbocycles. The van der Waals surface area contributed by atoms with Gasteiger partial charge < -0.3 is 15.5 Å². The van der Waals surface area contributed by atoms with Crippen molar-refractivity contribution in [2.75, 3.05) is 5.32 Å². The van der Waals surface area contributed by atoms with E-state index >= 15 is 0 Å². The molecule has 0 unspecified atom stereocenters. The van der Waals surface area contributed by atoms with Gasteiger partial charge in [-0.25, -0.2) is 9.59 Å². The summed E-state index contributed by atoms with van der Waals surface area (Å²) in [5.74, 6) is -2.96. The summed E-state index contributed by atoms with van der Waals surface area (Å²) in [4.78, 5) is 20.9. The first-order valence-corrected chi connectivity index (χ1v) is 4.09. The third kappa shape index (κ3) is 3.15. The Morgan fingerprint density at radius 1 is 1.07 bits per heavy atom. The Morgan fingerprint density at radius 3 is 2.07 bits per heavy atom. The van der Waals surface area contributed by atoms with Gasteiger partial charge in [-0.15, -0.1) is 0 Å². The van der Waals surface area contributed by atoms with Crippen molar-refractivity contribution in [1.29, 1.82) is 0 Å². The molecule has 0 aliphatic carbocycles. The number of benzene rings is 1. The molecule has 5 heteroatoms. The number of nitrogens with one attached hydrogen (secondary N) is 1. The molecule has 15 heavy (non-hydrogen) atoms. The first kappa shape index (κ1) is 10.8. The number of carbonyl (C=O) groups is 2. The fourth-order valence-electron chi connectivity index (χ4n) is 0.905. The number of hydrogen-bond donors (Lipinski definition) is 3. The van der Waals surface area contributed by atoms with Crippen LogP contribution in [0.1, 0.15) is 0 Å². The van der Waals surface area contributed by atoms with E-state index in [1.54, 1.807) is 30.3 Å². The van der Waals surface area contributed by atoms with Gasteiger partial charge in [0.05, 0.1) is 0 Å². The lowest BCUT2D eigenvalue weighted by Gasteiger charge is -2.00. The van der Waals surface area contributed by atoms with Gasteiger partial charge in [0.2, 0.25) is 0 Å². The van der Waals surface area contributed by atoms with E-state index in [1.165, 1.54) is 0 Å². The predicted octanol–water partition coefficient (Wildman–Crippen LogP) is 1.15. The summed E-state index contributed by atoms with van der Waals surface area (Å²) >= 11 is 0. The average molecular weight is 207 g/mol. The molecule has 0 bridgehead atoms. The topological polar surface area (TPSA) is 86.6 Å². The Kier molecular flexibility index (Phi) is 3.45. The third-order valence-corrected chi connectivity index (χ3v) is 1.62. The summed E-state index contributed by atoms with van der Waals surface area (Å²) in [5.41, 5.74) is -0.0867. The maximum atomic E-state index is 10.5. The number of hydrogen-bond acceptors (Lipinski definition) is 3. The number of aliphatic carboxylic acids is 2. The molecule has 0 spiro atoms. The van der Waals surface area contributed by atoms with Crippen molar-refractivity contribution in [2.24, 2.45) is 0 Å². The van der Waals surface area contributed by atoms with Crippen LogP contribution < -0.4 is 5.32 Å². The Bertz CT molecular complexity index is 381. The third-order valence-electron chi connectivity index (χ3n) is 1.62. The number of para-hydroxylation sites is 1. The Balaban J connectivity index is 2.79. The smallest absolute Gasteiger partial charge is 0.344 e. The minimum absolute atomic E-state index is 0.623. The van der Waals surface area contributed by atoms with E-state index < -0.39 is 17.5 Å². The highest BCUT2D eigenvalue weighted by molar-refractivity contribution is 6.12. The van der Waals surface area contributed by atoms with Crippen LogP contribution in [0.5, 0.6) is 0 Å². The summed E-state index contributed by atoms with van der Waals surface area (Å²) in [7, 11) is 0. The van der Waals surface area contributed by atoms with Crippen LogP contribution in [0.3, 0.4) is 0 Å². The number of carboxylic acids is 2. The lowest BCUT2D eigenvalue weighted by atomic mass is 10.3. The molecule has 0 fully saturated rings. The SMILES string of the molecule is O=C(O)C(=CNc1ccccc1)C(=O)O. The van der Waals surface area contributed by atoms with Gasteiger partial charge in [-0.05, 0) is 12.1 Å². The van der Waals surface area contributed by atoms with Crippen molar-refractivity contribution in [3.8, 4) is 0 Å². The van der Waals surface area contributed by atoms with Crippen molar-refractivity contribution in [3.63, 3.8) is 0 Å². The van der Waals surface area contributed by atoms with Gasteiger partial charge in [0.15, 0.2) is 5.57 Å². The molecule has 1 rings (SSSR count). The first-order chi connectivity index (χ1) is 7.11. The lowest BCUT2D eigenvalue weighted by molar-refractivity contribution is -0.140. The molecule has 0 radical (unpaired) electrons. The molecular formula is C10H9NO4. The predicted molar refractivity (Wildman–Crippen MR) is 53.4 cm³/mol. The summed E-state index contributed by atoms with van der Waals surface area (Å²) in [6.45, 7) is 0. The molecular weight excluding hydrogens is 198 g/mol. The number of carboxylic acid groups (broad SMARTS) is 2. The van der Waals surface area contributed by atoms with Crippen molar-refractivity contribution >= 4 is 17.6 Å². The lowest BCUT2D eigenvalue weighted by Crippen LogP contribution is -2.12. The molecule has 0 aliphatic heterocycles. The van der Waals surface area contributed by atoms with Crippen molar-refractivity contribution in [1.82, 2.24) is 0 Å². The molecule has 0 saturated heterocycles. The van der Waals surface area contributed by atoms with Crippen LogP contribution in [-0.2, 0) is 9.59 Å². The highest BCUT2D eigenvalue weighted by Crippen LogP contribution is 2.06. The van der Waals surface area contributed by atoms with Gasteiger partial charge in [-0.2, -0.15) is 0 Å². The molecule has 78 valence electrons. The molecule has 3 N–H and O–H groups in total. The van der Waals surface area contributed by atoms with E-state index in [2.05, 4.69) is 5.32 Å². The van der Waals surface area contributed by atoms with Crippen LogP contribution in [0.15, 0.2) is 42.1 Å². The van der Waals surface area contributed by atoms with E-state index in [9.17, 15) is 9.59 Å². The minimum atomic E-state index is -1.48. The largest absolute Gasteiger partial charge is 0.477 e. The second-order valence-corrected chi connectivity index (χ2v) is 2.68. The standard InChI is InChI=1S/C10H9NO4/c12-9(13)8(10(14)15)6-11-7-4-2-1-3-5-7/h1-6,11H,(H,12,13)(H,14,15). The second-order valence-electron chi connectivity index (χ2n) is 2.68. The van der Waals surface area contributed by atoms with Crippen LogP contribution >= 0.6 is 0 Å². The highest BCUT2D eigenvalue weighted by atomic mass is 16.4. The quantitative estimate of drug-likeness (QED) is 0.391. The fourth-order valence-corrected chi connectivity index (χ4v) is 0.905. The van der Waals surface area contributed by atoms with Crippen LogP contribution in [0.25, 0.3) is 0 Å². The van der Waals surface area contributed by atoms with Gasteiger partial charge in [0, 0.05) is 11.9 Å².